The lowest BCUT2D eigenvalue weighted by atomic mass is 9.80. The van der Waals surface area contributed by atoms with Crippen LogP contribution >= 0.6 is 0 Å². The van der Waals surface area contributed by atoms with Gasteiger partial charge in [0.1, 0.15) is 0 Å². The monoisotopic (exact) mass is 374 g/mol. The second-order valence-corrected chi connectivity index (χ2v) is 7.16. The third-order valence-corrected chi connectivity index (χ3v) is 5.09. The Balaban J connectivity index is 1.45. The molecule has 1 aliphatic carbocycles. The zero-order valence-electron chi connectivity index (χ0n) is 15.4. The van der Waals surface area contributed by atoms with Crippen LogP contribution in [0, 0.1) is 22.7 Å². The summed E-state index contributed by atoms with van der Waals surface area (Å²) in [7, 11) is 0. The summed E-state index contributed by atoms with van der Waals surface area (Å²) < 4.78 is 5.20. The molecular formula is C21H22N6O. The van der Waals surface area contributed by atoms with Gasteiger partial charge in [0.15, 0.2) is 0 Å². The van der Waals surface area contributed by atoms with Crippen molar-refractivity contribution in [1.82, 2.24) is 15.3 Å². The summed E-state index contributed by atoms with van der Waals surface area (Å²) in [5.74, 6) is 0.460. The molecule has 142 valence electrons. The molecule has 2 fully saturated rings. The van der Waals surface area contributed by atoms with Crippen LogP contribution in [-0.4, -0.2) is 41.5 Å². The second-order valence-electron chi connectivity index (χ2n) is 7.16. The van der Waals surface area contributed by atoms with E-state index < -0.39 is 0 Å². The van der Waals surface area contributed by atoms with Crippen molar-refractivity contribution in [3.8, 4) is 6.07 Å². The van der Waals surface area contributed by atoms with E-state index in [0.717, 1.165) is 42.8 Å². The molecule has 1 aromatic heterocycles. The molecule has 0 unspecified atom stereocenters. The number of nitrogens with zero attached hydrogens (tertiary/aromatic N) is 3. The summed E-state index contributed by atoms with van der Waals surface area (Å²) in [5.41, 5.74) is 3.97. The summed E-state index contributed by atoms with van der Waals surface area (Å²) >= 11 is 0. The smallest absolute Gasteiger partial charge is 0.0922 e. The number of aromatic nitrogens is 2. The van der Waals surface area contributed by atoms with Gasteiger partial charge in [0.2, 0.25) is 0 Å². The van der Waals surface area contributed by atoms with Gasteiger partial charge in [-0.3, -0.25) is 4.98 Å². The van der Waals surface area contributed by atoms with Crippen LogP contribution in [0.15, 0.2) is 42.7 Å². The molecule has 7 heteroatoms. The van der Waals surface area contributed by atoms with Gasteiger partial charge in [-0.15, -0.1) is 0 Å². The predicted octanol–water partition coefficient (Wildman–Crippen LogP) is 2.88. The number of anilines is 1. The Bertz CT molecular complexity index is 967. The molecule has 3 N–H and O–H groups in total. The Labute approximate surface area is 163 Å². The molecule has 0 radical (unpaired) electrons. The number of benzene rings is 1. The van der Waals surface area contributed by atoms with E-state index in [9.17, 15) is 0 Å². The minimum atomic E-state index is 0.351. The number of nitriles is 1. The molecule has 0 spiro atoms. The highest BCUT2D eigenvalue weighted by atomic mass is 16.5. The summed E-state index contributed by atoms with van der Waals surface area (Å²) in [6.45, 7) is 1.45. The maximum Gasteiger partial charge on any atom is 0.0922 e. The number of fused-ring (bicyclic) bond motifs is 1. The fourth-order valence-electron chi connectivity index (χ4n) is 3.33. The van der Waals surface area contributed by atoms with E-state index in [-0.39, 0.29) is 0 Å². The van der Waals surface area contributed by atoms with Crippen molar-refractivity contribution < 1.29 is 4.74 Å². The van der Waals surface area contributed by atoms with Gasteiger partial charge in [-0.2, -0.15) is 5.26 Å². The van der Waals surface area contributed by atoms with Crippen LogP contribution in [0.1, 0.15) is 18.5 Å². The number of hydrogen-bond acceptors (Lipinski definition) is 7. The van der Waals surface area contributed by atoms with Crippen molar-refractivity contribution >= 4 is 28.5 Å². The Morgan fingerprint density at radius 2 is 2.11 bits per heavy atom. The fraction of sp³-hybridized carbons (Fsp3) is 0.333. The molecule has 1 saturated heterocycles. The lowest BCUT2D eigenvalue weighted by molar-refractivity contribution is 0.0211. The van der Waals surface area contributed by atoms with E-state index in [1.807, 2.05) is 36.5 Å². The molecule has 1 aromatic carbocycles. The van der Waals surface area contributed by atoms with E-state index in [1.165, 1.54) is 6.21 Å². The van der Waals surface area contributed by atoms with Crippen LogP contribution < -0.4 is 10.6 Å². The molecule has 0 amide bonds. The normalized spacial score (nSPS) is 22.3. The second kappa shape index (κ2) is 8.19. The van der Waals surface area contributed by atoms with Gasteiger partial charge in [0, 0.05) is 35.8 Å². The largest absolute Gasteiger partial charge is 0.388 e. The first-order chi connectivity index (χ1) is 13.7. The molecule has 2 aliphatic rings. The third-order valence-electron chi connectivity index (χ3n) is 5.09. The topological polar surface area (TPSA) is 107 Å². The van der Waals surface area contributed by atoms with Crippen molar-refractivity contribution in [1.29, 1.82) is 10.7 Å². The summed E-state index contributed by atoms with van der Waals surface area (Å²) in [4.78, 5) is 9.18. The molecule has 2 aromatic rings. The lowest BCUT2D eigenvalue weighted by Crippen LogP contribution is -2.40. The van der Waals surface area contributed by atoms with E-state index in [2.05, 4.69) is 15.6 Å². The van der Waals surface area contributed by atoms with Crippen LogP contribution in [-0.2, 0) is 4.74 Å². The van der Waals surface area contributed by atoms with E-state index in [4.69, 9.17) is 20.4 Å². The lowest BCUT2D eigenvalue weighted by Gasteiger charge is -2.33. The maximum atomic E-state index is 8.58. The summed E-state index contributed by atoms with van der Waals surface area (Å²) in [6.07, 6.45) is 10.3. The summed E-state index contributed by atoms with van der Waals surface area (Å²) in [6, 6.07) is 8.67. The van der Waals surface area contributed by atoms with Crippen LogP contribution in [0.4, 0.5) is 5.69 Å². The molecule has 0 bridgehead atoms. The van der Waals surface area contributed by atoms with Gasteiger partial charge < -0.3 is 20.8 Å². The van der Waals surface area contributed by atoms with E-state index in [0.29, 0.717) is 29.3 Å². The average Bonchev–Trinajstić information content (AvgIpc) is 2.65. The third kappa shape index (κ3) is 4.02. The van der Waals surface area contributed by atoms with Crippen molar-refractivity contribution in [2.24, 2.45) is 5.92 Å². The predicted molar refractivity (Wildman–Crippen MR) is 109 cm³/mol. The van der Waals surface area contributed by atoms with Crippen LogP contribution in [0.25, 0.3) is 16.6 Å². The molecule has 7 nitrogen and oxygen atoms in total. The SMILES string of the molecule is N#C/C=C/C1CC(N/C=C(\C=N)c2cnc3ccc(NC4COC4)cc3n2)C1. The first-order valence-corrected chi connectivity index (χ1v) is 9.39. The Morgan fingerprint density at radius 1 is 1.25 bits per heavy atom. The Hall–Kier alpha value is -3.24. The van der Waals surface area contributed by atoms with E-state index >= 15 is 0 Å². The maximum absolute atomic E-state index is 8.58. The zero-order chi connectivity index (χ0) is 19.3. The quantitative estimate of drug-likeness (QED) is 0.508. The number of hydrogen-bond donors (Lipinski definition) is 3. The molecule has 1 saturated carbocycles. The van der Waals surface area contributed by atoms with Crippen molar-refractivity contribution in [2.75, 3.05) is 18.5 Å². The van der Waals surface area contributed by atoms with Gasteiger partial charge in [0.25, 0.3) is 0 Å². The van der Waals surface area contributed by atoms with Crippen LogP contribution in [0.3, 0.4) is 0 Å². The molecule has 2 heterocycles. The van der Waals surface area contributed by atoms with Crippen LogP contribution in [0.5, 0.6) is 0 Å². The average molecular weight is 374 g/mol. The zero-order valence-corrected chi connectivity index (χ0v) is 15.4. The standard InChI is InChI=1S/C21H22N6O/c22-5-1-2-14-6-17(7-14)24-10-15(9-23)21-11-25-19-4-3-16(8-20(19)27-21)26-18-12-28-13-18/h1-4,8-11,14,17-18,23-24,26H,6-7,12-13H2/b2-1+,15-10+,23-9?. The van der Waals surface area contributed by atoms with Gasteiger partial charge in [-0.1, -0.05) is 6.08 Å². The van der Waals surface area contributed by atoms with E-state index in [1.54, 1.807) is 12.3 Å². The van der Waals surface area contributed by atoms with Gasteiger partial charge in [0.05, 0.1) is 48.2 Å². The number of rotatable bonds is 7. The Kier molecular flexibility index (Phi) is 5.31. The molecule has 1 aliphatic heterocycles. The highest BCUT2D eigenvalue weighted by Crippen LogP contribution is 2.28. The Morgan fingerprint density at radius 3 is 2.82 bits per heavy atom. The van der Waals surface area contributed by atoms with Gasteiger partial charge in [-0.05, 0) is 37.0 Å². The number of nitrogens with one attached hydrogen (secondary N) is 3. The number of allylic oxidation sites excluding steroid dienone is 3. The molecular weight excluding hydrogens is 352 g/mol. The van der Waals surface area contributed by atoms with Crippen molar-refractivity contribution in [3.63, 3.8) is 0 Å². The van der Waals surface area contributed by atoms with Crippen molar-refractivity contribution in [2.45, 2.75) is 24.9 Å². The molecule has 0 atom stereocenters. The van der Waals surface area contributed by atoms with Crippen molar-refractivity contribution in [3.05, 3.63) is 48.4 Å². The summed E-state index contributed by atoms with van der Waals surface area (Å²) in [5, 5.41) is 23.1. The van der Waals surface area contributed by atoms with Gasteiger partial charge >= 0.3 is 0 Å². The van der Waals surface area contributed by atoms with Crippen LogP contribution in [0.2, 0.25) is 0 Å². The minimum Gasteiger partial charge on any atom is -0.388 e. The molecule has 28 heavy (non-hydrogen) atoms. The highest BCUT2D eigenvalue weighted by molar-refractivity contribution is 6.07. The first-order valence-electron chi connectivity index (χ1n) is 9.39. The van der Waals surface area contributed by atoms with Gasteiger partial charge in [-0.25, -0.2) is 4.98 Å². The first kappa shape index (κ1) is 18.1. The molecule has 4 rings (SSSR count). The fourth-order valence-corrected chi connectivity index (χ4v) is 3.33. The number of ether oxygens (including phenoxy) is 1. The minimum absolute atomic E-state index is 0.351. The highest BCUT2D eigenvalue weighted by Gasteiger charge is 2.26.